The molecule has 0 amide bonds. The topological polar surface area (TPSA) is 52.3 Å². The highest BCUT2D eigenvalue weighted by Crippen LogP contribution is 2.34. The predicted molar refractivity (Wildman–Crippen MR) is 81.3 cm³/mol. The molecule has 1 aliphatic carbocycles. The van der Waals surface area contributed by atoms with E-state index in [4.69, 9.17) is 10.5 Å². The molecule has 1 fully saturated rings. The Balaban J connectivity index is 2.21. The molecule has 0 aliphatic heterocycles. The van der Waals surface area contributed by atoms with Gasteiger partial charge in [-0.1, -0.05) is 6.07 Å². The largest absolute Gasteiger partial charge is 0.496 e. The van der Waals surface area contributed by atoms with Gasteiger partial charge in [0.25, 0.3) is 0 Å². The summed E-state index contributed by atoms with van der Waals surface area (Å²) >= 11 is 0. The van der Waals surface area contributed by atoms with Crippen molar-refractivity contribution in [1.29, 1.82) is 0 Å². The van der Waals surface area contributed by atoms with Gasteiger partial charge in [-0.25, -0.2) is 0 Å². The average molecular weight is 275 g/mol. The first-order chi connectivity index (χ1) is 9.56. The summed E-state index contributed by atoms with van der Waals surface area (Å²) in [4.78, 5) is 12.8. The third-order valence-electron chi connectivity index (χ3n) is 4.46. The molecule has 110 valence electrons. The minimum atomic E-state index is 0.133. The van der Waals surface area contributed by atoms with E-state index in [2.05, 4.69) is 6.07 Å². The number of rotatable bonds is 4. The van der Waals surface area contributed by atoms with Crippen LogP contribution in [0.15, 0.2) is 12.1 Å². The summed E-state index contributed by atoms with van der Waals surface area (Å²) in [6.45, 7) is 4.76. The lowest BCUT2D eigenvalue weighted by molar-refractivity contribution is 0.0869. The summed E-state index contributed by atoms with van der Waals surface area (Å²) in [5.41, 5.74) is 8.64. The van der Waals surface area contributed by atoms with Crippen molar-refractivity contribution in [2.75, 3.05) is 13.7 Å². The molecule has 0 atom stereocenters. The van der Waals surface area contributed by atoms with Gasteiger partial charge in [0.15, 0.2) is 5.78 Å². The molecule has 1 aromatic rings. The SMILES string of the molecule is COc1cc(C)cc(C)c1C(=O)C1CCC(CN)CC1. The Kier molecular flexibility index (Phi) is 4.81. The minimum Gasteiger partial charge on any atom is -0.496 e. The van der Waals surface area contributed by atoms with E-state index in [-0.39, 0.29) is 11.7 Å². The number of ether oxygens (including phenoxy) is 1. The summed E-state index contributed by atoms with van der Waals surface area (Å²) in [5.74, 6) is 1.69. The van der Waals surface area contributed by atoms with Crippen molar-refractivity contribution in [3.8, 4) is 5.75 Å². The highest BCUT2D eigenvalue weighted by Gasteiger charge is 2.29. The van der Waals surface area contributed by atoms with E-state index in [0.717, 1.165) is 48.9 Å². The third kappa shape index (κ3) is 3.04. The number of aryl methyl sites for hydroxylation is 2. The van der Waals surface area contributed by atoms with E-state index < -0.39 is 0 Å². The monoisotopic (exact) mass is 275 g/mol. The Morgan fingerprint density at radius 1 is 1.25 bits per heavy atom. The molecule has 0 spiro atoms. The number of methoxy groups -OCH3 is 1. The van der Waals surface area contributed by atoms with E-state index >= 15 is 0 Å². The van der Waals surface area contributed by atoms with Crippen molar-refractivity contribution < 1.29 is 9.53 Å². The van der Waals surface area contributed by atoms with Crippen LogP contribution in [0.5, 0.6) is 5.75 Å². The molecular formula is C17H25NO2. The van der Waals surface area contributed by atoms with Crippen molar-refractivity contribution in [3.63, 3.8) is 0 Å². The van der Waals surface area contributed by atoms with Crippen molar-refractivity contribution >= 4 is 5.78 Å². The molecule has 0 bridgehead atoms. The zero-order valence-corrected chi connectivity index (χ0v) is 12.7. The molecule has 0 saturated heterocycles. The summed E-state index contributed by atoms with van der Waals surface area (Å²) < 4.78 is 5.42. The van der Waals surface area contributed by atoms with Crippen LogP contribution in [0.25, 0.3) is 0 Å². The minimum absolute atomic E-state index is 0.133. The first kappa shape index (κ1) is 15.0. The second kappa shape index (κ2) is 6.40. The molecule has 2 N–H and O–H groups in total. The third-order valence-corrected chi connectivity index (χ3v) is 4.46. The summed E-state index contributed by atoms with van der Waals surface area (Å²) in [6.07, 6.45) is 4.05. The quantitative estimate of drug-likeness (QED) is 0.858. The van der Waals surface area contributed by atoms with Crippen LogP contribution in [0.1, 0.15) is 47.2 Å². The number of nitrogens with two attached hydrogens (primary N) is 1. The van der Waals surface area contributed by atoms with E-state index in [9.17, 15) is 4.79 Å². The summed E-state index contributed by atoms with van der Waals surface area (Å²) in [6, 6.07) is 4.01. The van der Waals surface area contributed by atoms with E-state index in [1.54, 1.807) is 7.11 Å². The number of ketones is 1. The maximum absolute atomic E-state index is 12.8. The van der Waals surface area contributed by atoms with Crippen LogP contribution in [0.3, 0.4) is 0 Å². The zero-order valence-electron chi connectivity index (χ0n) is 12.7. The number of hydrogen-bond acceptors (Lipinski definition) is 3. The van der Waals surface area contributed by atoms with Gasteiger partial charge < -0.3 is 10.5 Å². The Hall–Kier alpha value is -1.35. The molecule has 0 radical (unpaired) electrons. The number of benzene rings is 1. The second-order valence-corrected chi connectivity index (χ2v) is 5.98. The van der Waals surface area contributed by atoms with Crippen molar-refractivity contribution in [3.05, 3.63) is 28.8 Å². The molecule has 1 aromatic carbocycles. The van der Waals surface area contributed by atoms with Crippen LogP contribution in [-0.2, 0) is 0 Å². The highest BCUT2D eigenvalue weighted by atomic mass is 16.5. The van der Waals surface area contributed by atoms with Gasteiger partial charge in [0, 0.05) is 5.92 Å². The predicted octanol–water partition coefficient (Wildman–Crippen LogP) is 3.26. The molecule has 1 saturated carbocycles. The fourth-order valence-corrected chi connectivity index (χ4v) is 3.27. The van der Waals surface area contributed by atoms with Gasteiger partial charge >= 0.3 is 0 Å². The lowest BCUT2D eigenvalue weighted by Gasteiger charge is -2.27. The number of carbonyl (C=O) groups excluding carboxylic acids is 1. The Labute approximate surface area is 121 Å². The van der Waals surface area contributed by atoms with E-state index in [1.165, 1.54) is 0 Å². The highest BCUT2D eigenvalue weighted by molar-refractivity contribution is 6.01. The molecule has 1 aliphatic rings. The van der Waals surface area contributed by atoms with Crippen LogP contribution < -0.4 is 10.5 Å². The fourth-order valence-electron chi connectivity index (χ4n) is 3.27. The zero-order chi connectivity index (χ0) is 14.7. The first-order valence-electron chi connectivity index (χ1n) is 7.46. The van der Waals surface area contributed by atoms with Crippen molar-refractivity contribution in [2.45, 2.75) is 39.5 Å². The van der Waals surface area contributed by atoms with Gasteiger partial charge in [-0.15, -0.1) is 0 Å². The molecule has 3 heteroatoms. The standard InChI is InChI=1S/C17H25NO2/c1-11-8-12(2)16(15(9-11)20-3)17(19)14-6-4-13(10-18)5-7-14/h8-9,13-14H,4-7,10,18H2,1-3H3. The molecule has 3 nitrogen and oxygen atoms in total. The lowest BCUT2D eigenvalue weighted by atomic mass is 9.78. The lowest BCUT2D eigenvalue weighted by Crippen LogP contribution is -2.26. The molecule has 0 aromatic heterocycles. The molecule has 0 heterocycles. The van der Waals surface area contributed by atoms with Crippen LogP contribution in [0, 0.1) is 25.7 Å². The second-order valence-electron chi connectivity index (χ2n) is 5.98. The molecule has 0 unspecified atom stereocenters. The van der Waals surface area contributed by atoms with Crippen molar-refractivity contribution in [1.82, 2.24) is 0 Å². The number of Topliss-reactive ketones (excluding diaryl/α,β-unsaturated/α-hetero) is 1. The van der Waals surface area contributed by atoms with Crippen LogP contribution in [-0.4, -0.2) is 19.4 Å². The molecule has 20 heavy (non-hydrogen) atoms. The van der Waals surface area contributed by atoms with Gasteiger partial charge in [-0.3, -0.25) is 4.79 Å². The van der Waals surface area contributed by atoms with Gasteiger partial charge in [0.2, 0.25) is 0 Å². The summed E-state index contributed by atoms with van der Waals surface area (Å²) in [7, 11) is 1.64. The summed E-state index contributed by atoms with van der Waals surface area (Å²) in [5, 5.41) is 0. The van der Waals surface area contributed by atoms with Crippen LogP contribution >= 0.6 is 0 Å². The van der Waals surface area contributed by atoms with Gasteiger partial charge in [0.05, 0.1) is 12.7 Å². The smallest absolute Gasteiger partial charge is 0.169 e. The molecular weight excluding hydrogens is 250 g/mol. The number of hydrogen-bond donors (Lipinski definition) is 1. The number of carbonyl (C=O) groups is 1. The van der Waals surface area contributed by atoms with Gasteiger partial charge in [-0.2, -0.15) is 0 Å². The Morgan fingerprint density at radius 2 is 1.90 bits per heavy atom. The van der Waals surface area contributed by atoms with Gasteiger partial charge in [0.1, 0.15) is 5.75 Å². The Morgan fingerprint density at radius 3 is 2.45 bits per heavy atom. The first-order valence-corrected chi connectivity index (χ1v) is 7.46. The van der Waals surface area contributed by atoms with Crippen LogP contribution in [0.2, 0.25) is 0 Å². The normalized spacial score (nSPS) is 22.6. The fraction of sp³-hybridized carbons (Fsp3) is 0.588. The van der Waals surface area contributed by atoms with Crippen molar-refractivity contribution in [2.24, 2.45) is 17.6 Å². The maximum atomic E-state index is 12.8. The van der Waals surface area contributed by atoms with Gasteiger partial charge in [-0.05, 0) is 69.2 Å². The average Bonchev–Trinajstić information content (AvgIpc) is 2.46. The van der Waals surface area contributed by atoms with E-state index in [0.29, 0.717) is 11.7 Å². The van der Waals surface area contributed by atoms with Crippen LogP contribution in [0.4, 0.5) is 0 Å². The van der Waals surface area contributed by atoms with E-state index in [1.807, 2.05) is 19.9 Å². The maximum Gasteiger partial charge on any atom is 0.169 e. The molecule has 2 rings (SSSR count). The Bertz CT molecular complexity index is 488.